The number of imide groups is 1. The SMILES string of the molecule is CC(C)CCNC(=O)CN1C(=O)NC(C)(CCC(C)C)C1=O. The first-order chi connectivity index (χ1) is 10.2. The number of carbonyl (C=O) groups is 3. The van der Waals surface area contributed by atoms with Gasteiger partial charge in [-0.1, -0.05) is 27.7 Å². The minimum Gasteiger partial charge on any atom is -0.355 e. The van der Waals surface area contributed by atoms with Crippen LogP contribution in [0, 0.1) is 11.8 Å². The molecule has 0 aromatic heterocycles. The first-order valence-electron chi connectivity index (χ1n) is 8.06. The van der Waals surface area contributed by atoms with Crippen molar-refractivity contribution in [1.29, 1.82) is 0 Å². The Morgan fingerprint density at radius 2 is 1.77 bits per heavy atom. The Bertz CT molecular complexity index is 434. The molecule has 0 spiro atoms. The monoisotopic (exact) mass is 311 g/mol. The van der Waals surface area contributed by atoms with Crippen LogP contribution in [0.25, 0.3) is 0 Å². The summed E-state index contributed by atoms with van der Waals surface area (Å²) in [6.45, 7) is 10.4. The molecule has 6 heteroatoms. The first-order valence-corrected chi connectivity index (χ1v) is 8.06. The predicted octanol–water partition coefficient (Wildman–Crippen LogP) is 1.90. The van der Waals surface area contributed by atoms with E-state index < -0.39 is 11.6 Å². The third-order valence-electron chi connectivity index (χ3n) is 3.91. The van der Waals surface area contributed by atoms with Gasteiger partial charge >= 0.3 is 6.03 Å². The Balaban J connectivity index is 2.55. The molecule has 2 N–H and O–H groups in total. The summed E-state index contributed by atoms with van der Waals surface area (Å²) in [5.74, 6) is 0.348. The summed E-state index contributed by atoms with van der Waals surface area (Å²) >= 11 is 0. The minimum absolute atomic E-state index is 0.208. The van der Waals surface area contributed by atoms with E-state index in [0.29, 0.717) is 24.8 Å². The number of rotatable bonds is 8. The second-order valence-corrected chi connectivity index (χ2v) is 7.12. The number of urea groups is 1. The highest BCUT2D eigenvalue weighted by Gasteiger charge is 2.47. The molecule has 0 aromatic carbocycles. The number of nitrogens with zero attached hydrogens (tertiary/aromatic N) is 1. The van der Waals surface area contributed by atoms with Crippen molar-refractivity contribution in [2.24, 2.45) is 11.8 Å². The van der Waals surface area contributed by atoms with Crippen LogP contribution >= 0.6 is 0 Å². The van der Waals surface area contributed by atoms with E-state index in [4.69, 9.17) is 0 Å². The zero-order valence-electron chi connectivity index (χ0n) is 14.4. The van der Waals surface area contributed by atoms with Crippen LogP contribution < -0.4 is 10.6 Å². The lowest BCUT2D eigenvalue weighted by molar-refractivity contribution is -0.134. The number of carbonyl (C=O) groups excluding carboxylic acids is 3. The summed E-state index contributed by atoms with van der Waals surface area (Å²) < 4.78 is 0. The molecule has 1 atom stereocenters. The van der Waals surface area contributed by atoms with Crippen molar-refractivity contribution in [3.63, 3.8) is 0 Å². The normalized spacial score (nSPS) is 21.7. The molecule has 0 bridgehead atoms. The van der Waals surface area contributed by atoms with Crippen LogP contribution in [-0.2, 0) is 9.59 Å². The second-order valence-electron chi connectivity index (χ2n) is 7.12. The van der Waals surface area contributed by atoms with Gasteiger partial charge in [0.1, 0.15) is 12.1 Å². The van der Waals surface area contributed by atoms with Gasteiger partial charge in [-0.25, -0.2) is 4.79 Å². The quantitative estimate of drug-likeness (QED) is 0.672. The Hall–Kier alpha value is -1.59. The molecule has 4 amide bonds. The zero-order chi connectivity index (χ0) is 16.9. The van der Waals surface area contributed by atoms with Crippen molar-refractivity contribution in [2.75, 3.05) is 13.1 Å². The summed E-state index contributed by atoms with van der Waals surface area (Å²) in [6, 6.07) is -0.477. The smallest absolute Gasteiger partial charge is 0.325 e. The highest BCUT2D eigenvalue weighted by Crippen LogP contribution is 2.24. The molecule has 1 rings (SSSR count). The van der Waals surface area contributed by atoms with Crippen molar-refractivity contribution in [3.05, 3.63) is 0 Å². The molecule has 6 nitrogen and oxygen atoms in total. The van der Waals surface area contributed by atoms with Crippen molar-refractivity contribution in [2.45, 2.75) is 59.4 Å². The summed E-state index contributed by atoms with van der Waals surface area (Å²) in [5, 5.41) is 5.47. The lowest BCUT2D eigenvalue weighted by Crippen LogP contribution is -2.45. The minimum atomic E-state index is -0.889. The summed E-state index contributed by atoms with van der Waals surface area (Å²) in [6.07, 6.45) is 2.30. The number of hydrogen-bond donors (Lipinski definition) is 2. The molecule has 0 aromatic rings. The van der Waals surface area contributed by atoms with Gasteiger partial charge in [0.15, 0.2) is 0 Å². The largest absolute Gasteiger partial charge is 0.355 e. The summed E-state index contributed by atoms with van der Waals surface area (Å²) in [7, 11) is 0. The molecular weight excluding hydrogens is 282 g/mol. The van der Waals surface area contributed by atoms with Gasteiger partial charge in [0.25, 0.3) is 5.91 Å². The number of nitrogens with one attached hydrogen (secondary N) is 2. The van der Waals surface area contributed by atoms with E-state index in [1.54, 1.807) is 6.92 Å². The Morgan fingerprint density at radius 1 is 1.18 bits per heavy atom. The molecule has 1 unspecified atom stereocenters. The van der Waals surface area contributed by atoms with Crippen molar-refractivity contribution < 1.29 is 14.4 Å². The first kappa shape index (κ1) is 18.5. The van der Waals surface area contributed by atoms with E-state index in [2.05, 4.69) is 38.3 Å². The van der Waals surface area contributed by atoms with Gasteiger partial charge in [0.2, 0.25) is 5.91 Å². The highest BCUT2D eigenvalue weighted by molar-refractivity contribution is 6.08. The fraction of sp³-hybridized carbons (Fsp3) is 0.812. The Morgan fingerprint density at radius 3 is 2.32 bits per heavy atom. The van der Waals surface area contributed by atoms with E-state index >= 15 is 0 Å². The molecule has 1 saturated heterocycles. The maximum absolute atomic E-state index is 12.4. The molecule has 1 heterocycles. The van der Waals surface area contributed by atoms with Crippen LogP contribution in [0.5, 0.6) is 0 Å². The third-order valence-corrected chi connectivity index (χ3v) is 3.91. The van der Waals surface area contributed by atoms with Gasteiger partial charge in [-0.15, -0.1) is 0 Å². The Kier molecular flexibility index (Phi) is 6.38. The average Bonchev–Trinajstić information content (AvgIpc) is 2.60. The second kappa shape index (κ2) is 7.61. The third kappa shape index (κ3) is 5.00. The fourth-order valence-corrected chi connectivity index (χ4v) is 2.34. The molecular formula is C16H29N3O3. The zero-order valence-corrected chi connectivity index (χ0v) is 14.4. The van der Waals surface area contributed by atoms with Gasteiger partial charge in [-0.3, -0.25) is 14.5 Å². The molecule has 1 aliphatic heterocycles. The van der Waals surface area contributed by atoms with Crippen molar-refractivity contribution in [3.8, 4) is 0 Å². The van der Waals surface area contributed by atoms with E-state index in [0.717, 1.165) is 17.7 Å². The van der Waals surface area contributed by atoms with E-state index in [1.165, 1.54) is 0 Å². The summed E-state index contributed by atoms with van der Waals surface area (Å²) in [5.41, 5.74) is -0.889. The lowest BCUT2D eigenvalue weighted by Gasteiger charge is -2.22. The van der Waals surface area contributed by atoms with Crippen LogP contribution in [0.1, 0.15) is 53.9 Å². The number of hydrogen-bond acceptors (Lipinski definition) is 3. The van der Waals surface area contributed by atoms with Gasteiger partial charge in [0, 0.05) is 6.54 Å². The highest BCUT2D eigenvalue weighted by atomic mass is 16.2. The summed E-state index contributed by atoms with van der Waals surface area (Å²) in [4.78, 5) is 37.3. The lowest BCUT2D eigenvalue weighted by atomic mass is 9.92. The Labute approximate surface area is 133 Å². The molecule has 0 aliphatic carbocycles. The fourth-order valence-electron chi connectivity index (χ4n) is 2.34. The predicted molar refractivity (Wildman–Crippen MR) is 85.2 cm³/mol. The molecule has 1 aliphatic rings. The average molecular weight is 311 g/mol. The van der Waals surface area contributed by atoms with E-state index in [9.17, 15) is 14.4 Å². The van der Waals surface area contributed by atoms with Gasteiger partial charge in [-0.2, -0.15) is 0 Å². The maximum atomic E-state index is 12.4. The topological polar surface area (TPSA) is 78.5 Å². The van der Waals surface area contributed by atoms with E-state index in [1.807, 2.05) is 0 Å². The molecule has 22 heavy (non-hydrogen) atoms. The van der Waals surface area contributed by atoms with Gasteiger partial charge in [-0.05, 0) is 38.0 Å². The van der Waals surface area contributed by atoms with Crippen LogP contribution in [0.4, 0.5) is 4.79 Å². The van der Waals surface area contributed by atoms with E-state index in [-0.39, 0.29) is 18.4 Å². The van der Waals surface area contributed by atoms with Crippen molar-refractivity contribution >= 4 is 17.8 Å². The van der Waals surface area contributed by atoms with Crippen LogP contribution in [-0.4, -0.2) is 41.4 Å². The molecule has 126 valence electrons. The van der Waals surface area contributed by atoms with Crippen LogP contribution in [0.3, 0.4) is 0 Å². The van der Waals surface area contributed by atoms with Gasteiger partial charge in [0.05, 0.1) is 0 Å². The molecule has 0 radical (unpaired) electrons. The maximum Gasteiger partial charge on any atom is 0.325 e. The standard InChI is InChI=1S/C16H29N3O3/c1-11(2)6-8-16(5)14(21)19(15(22)18-16)10-13(20)17-9-7-12(3)4/h11-12H,6-10H2,1-5H3,(H,17,20)(H,18,22). The molecule has 0 saturated carbocycles. The number of amides is 4. The van der Waals surface area contributed by atoms with Crippen LogP contribution in [0.2, 0.25) is 0 Å². The van der Waals surface area contributed by atoms with Crippen LogP contribution in [0.15, 0.2) is 0 Å². The molecule has 1 fully saturated rings. The van der Waals surface area contributed by atoms with Crippen molar-refractivity contribution in [1.82, 2.24) is 15.5 Å². The van der Waals surface area contributed by atoms with Gasteiger partial charge < -0.3 is 10.6 Å².